The lowest BCUT2D eigenvalue weighted by molar-refractivity contribution is 0.174. The second-order valence-electron chi connectivity index (χ2n) is 5.60. The van der Waals surface area contributed by atoms with E-state index in [2.05, 4.69) is 20.7 Å². The molecule has 0 radical (unpaired) electrons. The van der Waals surface area contributed by atoms with Crippen molar-refractivity contribution in [2.75, 3.05) is 6.79 Å². The Morgan fingerprint density at radius 3 is 2.56 bits per heavy atom. The molecule has 1 aliphatic heterocycles. The van der Waals surface area contributed by atoms with E-state index >= 15 is 0 Å². The number of ether oxygens (including phenoxy) is 2. The summed E-state index contributed by atoms with van der Waals surface area (Å²) in [5, 5.41) is 1.53. The van der Waals surface area contributed by atoms with E-state index in [1.54, 1.807) is 30.3 Å². The predicted octanol–water partition coefficient (Wildman–Crippen LogP) is 3.81. The monoisotopic (exact) mass is 419 g/mol. The van der Waals surface area contributed by atoms with Gasteiger partial charge in [0.1, 0.15) is 0 Å². The van der Waals surface area contributed by atoms with E-state index < -0.39 is 10.0 Å². The Hall–Kier alpha value is -2.09. The highest BCUT2D eigenvalue weighted by molar-refractivity contribution is 9.10. The molecule has 128 valence electrons. The van der Waals surface area contributed by atoms with Crippen molar-refractivity contribution in [1.29, 1.82) is 0 Å². The van der Waals surface area contributed by atoms with Gasteiger partial charge in [-0.05, 0) is 35.2 Å². The molecule has 3 aromatic carbocycles. The van der Waals surface area contributed by atoms with Crippen LogP contribution in [0.4, 0.5) is 0 Å². The Morgan fingerprint density at radius 2 is 1.72 bits per heavy atom. The molecule has 5 nitrogen and oxygen atoms in total. The van der Waals surface area contributed by atoms with E-state index in [0.29, 0.717) is 16.9 Å². The normalized spacial score (nSPS) is 13.3. The minimum atomic E-state index is -3.66. The van der Waals surface area contributed by atoms with E-state index in [1.807, 2.05) is 24.3 Å². The van der Waals surface area contributed by atoms with Crippen molar-refractivity contribution in [3.05, 3.63) is 64.6 Å². The van der Waals surface area contributed by atoms with Gasteiger partial charge in [0.05, 0.1) is 4.90 Å². The molecule has 4 rings (SSSR count). The summed E-state index contributed by atoms with van der Waals surface area (Å²) in [5.74, 6) is 1.30. The Morgan fingerprint density at radius 1 is 0.960 bits per heavy atom. The molecular formula is C18H14BrNO4S. The van der Waals surface area contributed by atoms with Gasteiger partial charge in [-0.1, -0.05) is 46.3 Å². The van der Waals surface area contributed by atoms with Crippen LogP contribution >= 0.6 is 15.9 Å². The highest BCUT2D eigenvalue weighted by atomic mass is 79.9. The maximum absolute atomic E-state index is 12.8. The van der Waals surface area contributed by atoms with Gasteiger partial charge in [0.25, 0.3) is 0 Å². The largest absolute Gasteiger partial charge is 0.454 e. The van der Waals surface area contributed by atoms with Gasteiger partial charge in [0.2, 0.25) is 16.8 Å². The molecule has 0 aromatic heterocycles. The van der Waals surface area contributed by atoms with Crippen molar-refractivity contribution >= 4 is 36.7 Å². The van der Waals surface area contributed by atoms with Crippen LogP contribution in [0.1, 0.15) is 5.56 Å². The molecular weight excluding hydrogens is 406 g/mol. The molecule has 25 heavy (non-hydrogen) atoms. The van der Waals surface area contributed by atoms with Crippen LogP contribution in [0, 0.1) is 0 Å². The van der Waals surface area contributed by atoms with Crippen LogP contribution in [-0.4, -0.2) is 15.2 Å². The lowest BCUT2D eigenvalue weighted by Crippen LogP contribution is -2.23. The van der Waals surface area contributed by atoms with Crippen LogP contribution in [0.25, 0.3) is 10.8 Å². The fraction of sp³-hybridized carbons (Fsp3) is 0.111. The fourth-order valence-corrected chi connectivity index (χ4v) is 4.48. The SMILES string of the molecule is O=S(=O)(NCc1ccc2c(c1)OCO2)c1ccc(Br)c2ccccc12. The van der Waals surface area contributed by atoms with Crippen LogP contribution in [0.15, 0.2) is 64.0 Å². The first-order chi connectivity index (χ1) is 12.0. The summed E-state index contributed by atoms with van der Waals surface area (Å²) < 4.78 is 39.7. The van der Waals surface area contributed by atoms with Crippen LogP contribution < -0.4 is 14.2 Å². The van der Waals surface area contributed by atoms with Gasteiger partial charge < -0.3 is 9.47 Å². The van der Waals surface area contributed by atoms with E-state index in [9.17, 15) is 8.42 Å². The number of hydrogen-bond acceptors (Lipinski definition) is 4. The molecule has 3 aromatic rings. The van der Waals surface area contributed by atoms with E-state index in [0.717, 1.165) is 15.4 Å². The molecule has 1 heterocycles. The molecule has 0 saturated carbocycles. The summed E-state index contributed by atoms with van der Waals surface area (Å²) in [6.07, 6.45) is 0. The molecule has 0 bridgehead atoms. The predicted molar refractivity (Wildman–Crippen MR) is 98.2 cm³/mol. The first-order valence-corrected chi connectivity index (χ1v) is 9.88. The Bertz CT molecular complexity index is 1070. The number of nitrogens with one attached hydrogen (secondary N) is 1. The van der Waals surface area contributed by atoms with Crippen LogP contribution in [0.3, 0.4) is 0 Å². The highest BCUT2D eigenvalue weighted by Crippen LogP contribution is 2.33. The standard InChI is InChI=1S/C18H14BrNO4S/c19-15-6-8-18(14-4-2-1-3-13(14)15)25(21,22)20-10-12-5-7-16-17(9-12)24-11-23-16/h1-9,20H,10-11H2. The van der Waals surface area contributed by atoms with Crippen molar-refractivity contribution in [3.8, 4) is 11.5 Å². The van der Waals surface area contributed by atoms with Gasteiger partial charge >= 0.3 is 0 Å². The molecule has 0 amide bonds. The van der Waals surface area contributed by atoms with Gasteiger partial charge in [0.15, 0.2) is 11.5 Å². The Labute approximate surface area is 153 Å². The number of sulfonamides is 1. The van der Waals surface area contributed by atoms with Crippen molar-refractivity contribution < 1.29 is 17.9 Å². The molecule has 0 fully saturated rings. The van der Waals surface area contributed by atoms with Gasteiger partial charge in [-0.2, -0.15) is 0 Å². The molecule has 1 aliphatic rings. The van der Waals surface area contributed by atoms with E-state index in [4.69, 9.17) is 9.47 Å². The highest BCUT2D eigenvalue weighted by Gasteiger charge is 2.19. The number of hydrogen-bond donors (Lipinski definition) is 1. The van der Waals surface area contributed by atoms with Crippen molar-refractivity contribution in [3.63, 3.8) is 0 Å². The third kappa shape index (κ3) is 3.10. The second kappa shape index (κ2) is 6.33. The number of fused-ring (bicyclic) bond motifs is 2. The van der Waals surface area contributed by atoms with Crippen molar-refractivity contribution in [2.45, 2.75) is 11.4 Å². The summed E-state index contributed by atoms with van der Waals surface area (Å²) in [6, 6.07) is 16.1. The Kier molecular flexibility index (Phi) is 4.15. The van der Waals surface area contributed by atoms with Gasteiger partial charge in [-0.3, -0.25) is 0 Å². The summed E-state index contributed by atoms with van der Waals surface area (Å²) in [6.45, 7) is 0.360. The van der Waals surface area contributed by atoms with Crippen LogP contribution in [-0.2, 0) is 16.6 Å². The summed E-state index contributed by atoms with van der Waals surface area (Å²) >= 11 is 3.46. The minimum absolute atomic E-state index is 0.170. The lowest BCUT2D eigenvalue weighted by Gasteiger charge is -2.11. The summed E-state index contributed by atoms with van der Waals surface area (Å²) in [4.78, 5) is 0.257. The average molecular weight is 420 g/mol. The Balaban J connectivity index is 1.63. The number of benzene rings is 3. The molecule has 0 spiro atoms. The molecule has 0 saturated heterocycles. The average Bonchev–Trinajstić information content (AvgIpc) is 3.08. The quantitative estimate of drug-likeness (QED) is 0.697. The number of rotatable bonds is 4. The zero-order valence-electron chi connectivity index (χ0n) is 13.0. The molecule has 7 heteroatoms. The topological polar surface area (TPSA) is 64.6 Å². The third-order valence-corrected chi connectivity index (χ3v) is 6.17. The van der Waals surface area contributed by atoms with E-state index in [-0.39, 0.29) is 18.2 Å². The van der Waals surface area contributed by atoms with Crippen molar-refractivity contribution in [1.82, 2.24) is 4.72 Å². The minimum Gasteiger partial charge on any atom is -0.454 e. The molecule has 1 N–H and O–H groups in total. The maximum atomic E-state index is 12.8. The smallest absolute Gasteiger partial charge is 0.241 e. The second-order valence-corrected chi connectivity index (χ2v) is 8.19. The van der Waals surface area contributed by atoms with Gasteiger partial charge in [-0.15, -0.1) is 0 Å². The van der Waals surface area contributed by atoms with Crippen LogP contribution in [0.2, 0.25) is 0 Å². The van der Waals surface area contributed by atoms with E-state index in [1.165, 1.54) is 0 Å². The van der Waals surface area contributed by atoms with Gasteiger partial charge in [-0.25, -0.2) is 13.1 Å². The fourth-order valence-electron chi connectivity index (χ4n) is 2.78. The summed E-state index contributed by atoms with van der Waals surface area (Å²) in [7, 11) is -3.66. The zero-order valence-corrected chi connectivity index (χ0v) is 15.4. The first kappa shape index (κ1) is 16.4. The lowest BCUT2D eigenvalue weighted by atomic mass is 10.1. The van der Waals surface area contributed by atoms with Crippen molar-refractivity contribution in [2.24, 2.45) is 0 Å². The van der Waals surface area contributed by atoms with Crippen LogP contribution in [0.5, 0.6) is 11.5 Å². The molecule has 0 unspecified atom stereocenters. The summed E-state index contributed by atoms with van der Waals surface area (Å²) in [5.41, 5.74) is 0.800. The maximum Gasteiger partial charge on any atom is 0.241 e. The zero-order chi connectivity index (χ0) is 17.4. The first-order valence-electron chi connectivity index (χ1n) is 7.60. The molecule has 0 aliphatic carbocycles. The third-order valence-electron chi connectivity index (χ3n) is 4.02. The number of halogens is 1. The molecule has 0 atom stereocenters. The van der Waals surface area contributed by atoms with Gasteiger partial charge in [0, 0.05) is 16.4 Å².